The van der Waals surface area contributed by atoms with E-state index in [1.165, 1.54) is 6.07 Å². The number of amides is 2. The molecule has 1 aromatic heterocycles. The predicted molar refractivity (Wildman–Crippen MR) is 176 cm³/mol. The molecule has 0 radical (unpaired) electrons. The zero-order valence-corrected chi connectivity index (χ0v) is 28.2. The molecule has 2 saturated heterocycles. The van der Waals surface area contributed by atoms with Crippen LogP contribution in [0.15, 0.2) is 36.4 Å². The number of halogens is 3. The van der Waals surface area contributed by atoms with Gasteiger partial charge in [-0.15, -0.1) is 0 Å². The summed E-state index contributed by atoms with van der Waals surface area (Å²) in [5.41, 5.74) is 4.05. The first-order chi connectivity index (χ1) is 23.4. The molecule has 2 saturated carbocycles. The van der Waals surface area contributed by atoms with Crippen molar-refractivity contribution in [1.82, 2.24) is 14.2 Å². The third kappa shape index (κ3) is 5.60. The first-order valence-electron chi connectivity index (χ1n) is 17.3. The fraction of sp³-hybridized carbons (Fsp3) is 0.556. The number of nitrogens with zero attached hydrogens (tertiary/aromatic N) is 2. The standard InChI is InChI=1S/C36H40F3N3O6S/c1-47-25-11-13-26-28(15-25)29-16-35(29,34(44)42-23-8-5-9-24(42)18-48-17-23)19-41-30-14-22(33(43)40-49(45,46)20-36(37,38)39)10-12-27(30)31(32(26)41)21-6-3-2-4-7-21/h10-15,21,23-24,29H,2-9,16-20H2,1H3,(H,40,43)/t23-,24?,29?,35?/m0/s1. The van der Waals surface area contributed by atoms with E-state index >= 15 is 0 Å². The molecule has 9 nitrogen and oxygen atoms in total. The summed E-state index contributed by atoms with van der Waals surface area (Å²) in [6.45, 7) is 1.40. The molecular weight excluding hydrogens is 659 g/mol. The average Bonchev–Trinajstić information content (AvgIpc) is 3.72. The Kier molecular flexibility index (Phi) is 7.82. The van der Waals surface area contributed by atoms with Gasteiger partial charge in [-0.1, -0.05) is 25.3 Å². The Morgan fingerprint density at radius 2 is 1.73 bits per heavy atom. The van der Waals surface area contributed by atoms with Crippen LogP contribution in [-0.4, -0.2) is 74.0 Å². The number of aromatic nitrogens is 1. The number of carbonyl (C=O) groups is 2. The van der Waals surface area contributed by atoms with E-state index in [1.807, 2.05) is 6.07 Å². The van der Waals surface area contributed by atoms with Gasteiger partial charge in [-0.05, 0) is 85.9 Å². The quantitative estimate of drug-likeness (QED) is 0.326. The van der Waals surface area contributed by atoms with Gasteiger partial charge < -0.3 is 18.9 Å². The number of piperidine rings is 1. The van der Waals surface area contributed by atoms with Crippen LogP contribution in [0.1, 0.15) is 91.1 Å². The van der Waals surface area contributed by atoms with Crippen LogP contribution in [0.4, 0.5) is 13.2 Å². The third-order valence-corrected chi connectivity index (χ3v) is 12.7. The zero-order valence-electron chi connectivity index (χ0n) is 27.4. The fourth-order valence-corrected chi connectivity index (χ4v) is 10.2. The molecular formula is C36H40F3N3O6S. The molecule has 4 atom stereocenters. The highest BCUT2D eigenvalue weighted by Crippen LogP contribution is 2.66. The number of benzene rings is 2. The van der Waals surface area contributed by atoms with Crippen molar-refractivity contribution in [2.45, 2.75) is 94.4 Å². The van der Waals surface area contributed by atoms with Crippen molar-refractivity contribution in [3.63, 3.8) is 0 Å². The molecule has 2 bridgehead atoms. The van der Waals surface area contributed by atoms with Crippen LogP contribution in [0.2, 0.25) is 0 Å². The molecule has 49 heavy (non-hydrogen) atoms. The molecule has 3 aromatic rings. The molecule has 5 aliphatic rings. The van der Waals surface area contributed by atoms with Gasteiger partial charge in [0, 0.05) is 34.5 Å². The maximum Gasteiger partial charge on any atom is 0.404 e. The van der Waals surface area contributed by atoms with Gasteiger partial charge in [0.1, 0.15) is 5.75 Å². The van der Waals surface area contributed by atoms with Gasteiger partial charge in [0.2, 0.25) is 15.9 Å². The number of hydrogen-bond donors (Lipinski definition) is 1. The minimum atomic E-state index is -5.00. The average molecular weight is 700 g/mol. The summed E-state index contributed by atoms with van der Waals surface area (Å²) in [7, 11) is -3.34. The Morgan fingerprint density at radius 3 is 2.43 bits per heavy atom. The second-order valence-electron chi connectivity index (χ2n) is 14.6. The molecule has 4 heterocycles. The number of fused-ring (bicyclic) bond motifs is 9. The molecule has 8 rings (SSSR count). The van der Waals surface area contributed by atoms with Crippen molar-refractivity contribution in [3.8, 4) is 17.0 Å². The number of alkyl halides is 3. The Labute approximate surface area is 283 Å². The lowest BCUT2D eigenvalue weighted by molar-refractivity contribution is -0.157. The van der Waals surface area contributed by atoms with E-state index in [0.29, 0.717) is 37.4 Å². The molecule has 262 valence electrons. The van der Waals surface area contributed by atoms with E-state index in [0.717, 1.165) is 79.1 Å². The molecule has 3 unspecified atom stereocenters. The molecule has 3 aliphatic heterocycles. The number of sulfonamides is 1. The SMILES string of the molecule is COc1ccc2c(c1)C1CC1(C(=O)N1C3CCC[C@H]1COC3)Cn1c-2c(C2CCCCC2)c2ccc(C(=O)NS(=O)(=O)CC(F)(F)F)cc21. The van der Waals surface area contributed by atoms with Crippen molar-refractivity contribution in [2.75, 3.05) is 26.1 Å². The van der Waals surface area contributed by atoms with Crippen molar-refractivity contribution < 1.29 is 40.7 Å². The highest BCUT2D eigenvalue weighted by molar-refractivity contribution is 7.90. The van der Waals surface area contributed by atoms with Crippen molar-refractivity contribution >= 4 is 32.7 Å². The molecule has 13 heteroatoms. The second kappa shape index (κ2) is 11.8. The first-order valence-corrected chi connectivity index (χ1v) is 18.9. The van der Waals surface area contributed by atoms with E-state index in [1.54, 1.807) is 24.0 Å². The van der Waals surface area contributed by atoms with Gasteiger partial charge in [0.25, 0.3) is 5.91 Å². The maximum absolute atomic E-state index is 15.0. The van der Waals surface area contributed by atoms with Crippen LogP contribution in [0, 0.1) is 5.41 Å². The fourth-order valence-electron chi connectivity index (χ4n) is 9.30. The monoisotopic (exact) mass is 699 g/mol. The number of methoxy groups -OCH3 is 1. The summed E-state index contributed by atoms with van der Waals surface area (Å²) in [4.78, 5) is 30.3. The molecule has 2 amide bonds. The lowest BCUT2D eigenvalue weighted by Crippen LogP contribution is -2.59. The van der Waals surface area contributed by atoms with Crippen LogP contribution in [0.5, 0.6) is 5.75 Å². The first kappa shape index (κ1) is 32.6. The van der Waals surface area contributed by atoms with Crippen molar-refractivity contribution in [3.05, 3.63) is 53.1 Å². The van der Waals surface area contributed by atoms with Gasteiger partial charge in [0.05, 0.1) is 43.5 Å². The Hall–Kier alpha value is -3.58. The van der Waals surface area contributed by atoms with Gasteiger partial charge in [0.15, 0.2) is 5.75 Å². The predicted octanol–water partition coefficient (Wildman–Crippen LogP) is 6.25. The number of carbonyl (C=O) groups excluding carboxylic acids is 2. The summed E-state index contributed by atoms with van der Waals surface area (Å²) >= 11 is 0. The van der Waals surface area contributed by atoms with Gasteiger partial charge >= 0.3 is 6.18 Å². The third-order valence-electron chi connectivity index (χ3n) is 11.5. The van der Waals surface area contributed by atoms with E-state index in [9.17, 15) is 31.2 Å². The summed E-state index contributed by atoms with van der Waals surface area (Å²) in [5.74, 6) is -2.29. The zero-order chi connectivity index (χ0) is 34.3. The molecule has 2 aromatic carbocycles. The largest absolute Gasteiger partial charge is 0.497 e. The Balaban J connectivity index is 1.30. The second-order valence-corrected chi connectivity index (χ2v) is 16.3. The van der Waals surface area contributed by atoms with E-state index in [4.69, 9.17) is 9.47 Å². The van der Waals surface area contributed by atoms with Gasteiger partial charge in [-0.25, -0.2) is 13.1 Å². The number of morpholine rings is 1. The van der Waals surface area contributed by atoms with Crippen LogP contribution < -0.4 is 9.46 Å². The summed E-state index contributed by atoms with van der Waals surface area (Å²) in [6, 6.07) is 10.9. The Bertz CT molecular complexity index is 1930. The Morgan fingerprint density at radius 1 is 1.00 bits per heavy atom. The maximum atomic E-state index is 15.0. The smallest absolute Gasteiger partial charge is 0.404 e. The topological polar surface area (TPSA) is 107 Å². The van der Waals surface area contributed by atoms with Gasteiger partial charge in [-0.3, -0.25) is 9.59 Å². The highest BCUT2D eigenvalue weighted by Gasteiger charge is 2.65. The normalized spacial score (nSPS) is 26.7. The van der Waals surface area contributed by atoms with Crippen LogP contribution in [0.3, 0.4) is 0 Å². The van der Waals surface area contributed by atoms with Crippen LogP contribution in [0.25, 0.3) is 22.2 Å². The van der Waals surface area contributed by atoms with Crippen LogP contribution in [-0.2, 0) is 26.1 Å². The van der Waals surface area contributed by atoms with E-state index in [2.05, 4.69) is 21.6 Å². The highest BCUT2D eigenvalue weighted by atomic mass is 32.2. The minimum Gasteiger partial charge on any atom is -0.497 e. The molecule has 2 aliphatic carbocycles. The molecule has 0 spiro atoms. The van der Waals surface area contributed by atoms with Crippen molar-refractivity contribution in [2.24, 2.45) is 5.41 Å². The lowest BCUT2D eigenvalue weighted by Gasteiger charge is -2.47. The number of ether oxygens (including phenoxy) is 2. The summed E-state index contributed by atoms with van der Waals surface area (Å²) in [5, 5.41) is 0.906. The number of hydrogen-bond acceptors (Lipinski definition) is 6. The minimum absolute atomic E-state index is 0.0243. The molecule has 4 fully saturated rings. The van der Waals surface area contributed by atoms with Crippen LogP contribution >= 0.6 is 0 Å². The number of nitrogens with one attached hydrogen (secondary N) is 1. The lowest BCUT2D eigenvalue weighted by atomic mass is 9.81. The van der Waals surface area contributed by atoms with Gasteiger partial charge in [-0.2, -0.15) is 13.2 Å². The van der Waals surface area contributed by atoms with E-state index in [-0.39, 0.29) is 35.4 Å². The number of rotatable bonds is 6. The van der Waals surface area contributed by atoms with E-state index < -0.39 is 33.3 Å². The van der Waals surface area contributed by atoms with Crippen molar-refractivity contribution in [1.29, 1.82) is 0 Å². The molecule has 1 N–H and O–H groups in total. The summed E-state index contributed by atoms with van der Waals surface area (Å²) in [6.07, 6.45) is 3.77. The summed E-state index contributed by atoms with van der Waals surface area (Å²) < 4.78 is 78.7.